The van der Waals surface area contributed by atoms with Crippen LogP contribution < -0.4 is 5.73 Å². The van der Waals surface area contributed by atoms with Crippen LogP contribution in [0.2, 0.25) is 0 Å². The number of nitrogens with two attached hydrogens (primary N) is 1. The topological polar surface area (TPSA) is 70.5 Å². The van der Waals surface area contributed by atoms with E-state index in [1.165, 1.54) is 0 Å². The van der Waals surface area contributed by atoms with Crippen LogP contribution in [0.1, 0.15) is 5.69 Å². The minimum absolute atomic E-state index is 0.438. The number of nitrogens with one attached hydrogen (secondary N) is 2. The van der Waals surface area contributed by atoms with Gasteiger partial charge < -0.3 is 15.7 Å². The first kappa shape index (κ1) is 10.6. The lowest BCUT2D eigenvalue weighted by atomic mass is 10.1. The SMILES string of the molecule is NCc1[nH]c(Br)nc1-c1c[nH]c2ccccc12. The molecule has 0 radical (unpaired) electrons. The molecule has 4 nitrogen and oxygen atoms in total. The average molecular weight is 291 g/mol. The Morgan fingerprint density at radius 1 is 1.29 bits per heavy atom. The number of benzene rings is 1. The summed E-state index contributed by atoms with van der Waals surface area (Å²) in [6.07, 6.45) is 1.96. The third-order valence-corrected chi connectivity index (χ3v) is 3.17. The highest BCUT2D eigenvalue weighted by Crippen LogP contribution is 2.30. The molecule has 3 aromatic rings. The van der Waals surface area contributed by atoms with Crippen LogP contribution in [0.25, 0.3) is 22.2 Å². The van der Waals surface area contributed by atoms with Crippen molar-refractivity contribution in [3.63, 3.8) is 0 Å². The van der Waals surface area contributed by atoms with Crippen LogP contribution in [0.15, 0.2) is 35.2 Å². The molecule has 0 fully saturated rings. The van der Waals surface area contributed by atoms with Crippen LogP contribution in [0.3, 0.4) is 0 Å². The molecule has 3 rings (SSSR count). The van der Waals surface area contributed by atoms with E-state index in [-0.39, 0.29) is 0 Å². The van der Waals surface area contributed by atoms with Gasteiger partial charge in [0.2, 0.25) is 0 Å². The molecule has 86 valence electrons. The van der Waals surface area contributed by atoms with E-state index in [0.717, 1.165) is 27.9 Å². The van der Waals surface area contributed by atoms with Crippen molar-refractivity contribution in [2.24, 2.45) is 5.73 Å². The lowest BCUT2D eigenvalue weighted by Gasteiger charge is -1.98. The number of fused-ring (bicyclic) bond motifs is 1. The molecule has 5 heteroatoms. The summed E-state index contributed by atoms with van der Waals surface area (Å²) in [4.78, 5) is 10.8. The van der Waals surface area contributed by atoms with Gasteiger partial charge in [-0.15, -0.1) is 0 Å². The standard InChI is InChI=1S/C12H11BrN4/c13-12-16-10(5-14)11(17-12)8-6-15-9-4-2-1-3-7(8)9/h1-4,6,15H,5,14H2,(H,16,17). The van der Waals surface area contributed by atoms with Crippen molar-refractivity contribution >= 4 is 26.8 Å². The first-order valence-electron chi connectivity index (χ1n) is 5.30. The van der Waals surface area contributed by atoms with Crippen molar-refractivity contribution in [2.75, 3.05) is 0 Å². The Morgan fingerprint density at radius 3 is 2.94 bits per heavy atom. The van der Waals surface area contributed by atoms with Gasteiger partial charge in [0, 0.05) is 29.2 Å². The first-order chi connectivity index (χ1) is 8.29. The van der Waals surface area contributed by atoms with Gasteiger partial charge in [-0.05, 0) is 22.0 Å². The normalized spacial score (nSPS) is 11.2. The van der Waals surface area contributed by atoms with Gasteiger partial charge in [0.15, 0.2) is 4.73 Å². The Bertz CT molecular complexity index is 668. The second-order valence-corrected chi connectivity index (χ2v) is 4.56. The fourth-order valence-electron chi connectivity index (χ4n) is 2.02. The van der Waals surface area contributed by atoms with Gasteiger partial charge in [-0.1, -0.05) is 18.2 Å². The van der Waals surface area contributed by atoms with Crippen LogP contribution in [-0.2, 0) is 6.54 Å². The van der Waals surface area contributed by atoms with Gasteiger partial charge in [0.05, 0.1) is 11.4 Å². The van der Waals surface area contributed by atoms with Crippen molar-refractivity contribution in [3.05, 3.63) is 40.9 Å². The minimum Gasteiger partial charge on any atom is -0.360 e. The van der Waals surface area contributed by atoms with Crippen LogP contribution in [-0.4, -0.2) is 15.0 Å². The van der Waals surface area contributed by atoms with E-state index >= 15 is 0 Å². The number of H-pyrrole nitrogens is 2. The Kier molecular flexibility index (Phi) is 2.49. The van der Waals surface area contributed by atoms with Crippen LogP contribution in [0.4, 0.5) is 0 Å². The molecule has 0 aliphatic rings. The molecule has 0 aliphatic carbocycles. The summed E-state index contributed by atoms with van der Waals surface area (Å²) in [6, 6.07) is 8.14. The smallest absolute Gasteiger partial charge is 0.175 e. The number of imidazole rings is 1. The molecular weight excluding hydrogens is 280 g/mol. The predicted octanol–water partition coefficient (Wildman–Crippen LogP) is 2.78. The van der Waals surface area contributed by atoms with Crippen LogP contribution in [0.5, 0.6) is 0 Å². The van der Waals surface area contributed by atoms with Gasteiger partial charge in [-0.2, -0.15) is 0 Å². The monoisotopic (exact) mass is 290 g/mol. The summed E-state index contributed by atoms with van der Waals surface area (Å²) in [7, 11) is 0. The lowest BCUT2D eigenvalue weighted by Crippen LogP contribution is -1.98. The number of para-hydroxylation sites is 1. The zero-order valence-electron chi connectivity index (χ0n) is 9.00. The molecule has 0 saturated heterocycles. The van der Waals surface area contributed by atoms with E-state index in [2.05, 4.69) is 36.9 Å². The van der Waals surface area contributed by atoms with E-state index in [4.69, 9.17) is 5.73 Å². The number of hydrogen-bond donors (Lipinski definition) is 3. The maximum atomic E-state index is 5.71. The maximum absolute atomic E-state index is 5.71. The molecule has 0 saturated carbocycles. The van der Waals surface area contributed by atoms with Crippen molar-refractivity contribution in [1.82, 2.24) is 15.0 Å². The number of aromatic amines is 2. The predicted molar refractivity (Wildman–Crippen MR) is 71.5 cm³/mol. The fourth-order valence-corrected chi connectivity index (χ4v) is 2.43. The van der Waals surface area contributed by atoms with E-state index < -0.39 is 0 Å². The Morgan fingerprint density at radius 2 is 2.12 bits per heavy atom. The summed E-state index contributed by atoms with van der Waals surface area (Å²) in [5.74, 6) is 0. The quantitative estimate of drug-likeness (QED) is 0.679. The largest absolute Gasteiger partial charge is 0.360 e. The van der Waals surface area contributed by atoms with E-state index in [9.17, 15) is 0 Å². The van der Waals surface area contributed by atoms with Crippen molar-refractivity contribution in [2.45, 2.75) is 6.54 Å². The van der Waals surface area contributed by atoms with E-state index in [1.54, 1.807) is 0 Å². The van der Waals surface area contributed by atoms with Gasteiger partial charge in [0.25, 0.3) is 0 Å². The molecule has 4 N–H and O–H groups in total. The van der Waals surface area contributed by atoms with Gasteiger partial charge in [-0.3, -0.25) is 0 Å². The molecule has 0 spiro atoms. The number of halogens is 1. The Hall–Kier alpha value is -1.59. The third kappa shape index (κ3) is 1.67. The Labute approximate surface area is 106 Å². The molecule has 2 heterocycles. The summed E-state index contributed by atoms with van der Waals surface area (Å²) in [5.41, 5.74) is 9.72. The van der Waals surface area contributed by atoms with Crippen molar-refractivity contribution < 1.29 is 0 Å². The molecular formula is C12H11BrN4. The molecule has 0 bridgehead atoms. The fraction of sp³-hybridized carbons (Fsp3) is 0.0833. The highest BCUT2D eigenvalue weighted by molar-refractivity contribution is 9.10. The van der Waals surface area contributed by atoms with Crippen molar-refractivity contribution in [3.8, 4) is 11.3 Å². The van der Waals surface area contributed by atoms with Crippen LogP contribution in [0, 0.1) is 0 Å². The highest BCUT2D eigenvalue weighted by atomic mass is 79.9. The number of rotatable bonds is 2. The Balaban J connectivity index is 2.26. The third-order valence-electron chi connectivity index (χ3n) is 2.80. The lowest BCUT2D eigenvalue weighted by molar-refractivity contribution is 1.01. The van der Waals surface area contributed by atoms with Gasteiger partial charge in [0.1, 0.15) is 0 Å². The second kappa shape index (κ2) is 4.01. The molecule has 0 unspecified atom stereocenters. The summed E-state index contributed by atoms with van der Waals surface area (Å²) in [6.45, 7) is 0.438. The van der Waals surface area contributed by atoms with E-state index in [1.807, 2.05) is 24.4 Å². The summed E-state index contributed by atoms with van der Waals surface area (Å²) in [5, 5.41) is 1.15. The molecule has 0 atom stereocenters. The van der Waals surface area contributed by atoms with Crippen LogP contribution >= 0.6 is 15.9 Å². The molecule has 0 aliphatic heterocycles. The number of hydrogen-bond acceptors (Lipinski definition) is 2. The maximum Gasteiger partial charge on any atom is 0.175 e. The highest BCUT2D eigenvalue weighted by Gasteiger charge is 2.13. The van der Waals surface area contributed by atoms with Gasteiger partial charge >= 0.3 is 0 Å². The first-order valence-corrected chi connectivity index (χ1v) is 6.10. The summed E-state index contributed by atoms with van der Waals surface area (Å²) < 4.78 is 0.707. The number of aromatic nitrogens is 3. The summed E-state index contributed by atoms with van der Waals surface area (Å²) >= 11 is 3.34. The zero-order chi connectivity index (χ0) is 11.8. The molecule has 2 aromatic heterocycles. The molecule has 17 heavy (non-hydrogen) atoms. The zero-order valence-corrected chi connectivity index (χ0v) is 10.6. The average Bonchev–Trinajstić information content (AvgIpc) is 2.91. The molecule has 1 aromatic carbocycles. The minimum atomic E-state index is 0.438. The van der Waals surface area contributed by atoms with E-state index in [0.29, 0.717) is 11.3 Å². The number of nitrogens with zero attached hydrogens (tertiary/aromatic N) is 1. The van der Waals surface area contributed by atoms with Crippen molar-refractivity contribution in [1.29, 1.82) is 0 Å². The second-order valence-electron chi connectivity index (χ2n) is 3.81. The van der Waals surface area contributed by atoms with Gasteiger partial charge in [-0.25, -0.2) is 4.98 Å². The molecule has 0 amide bonds.